The summed E-state index contributed by atoms with van der Waals surface area (Å²) in [5.41, 5.74) is 0.551. The Balaban J connectivity index is 2.04. The second kappa shape index (κ2) is 6.98. The molecule has 1 N–H and O–H groups in total. The molecular formula is C17H24N4O3. The first-order valence-electron chi connectivity index (χ1n) is 7.97. The molecule has 1 amide bonds. The number of aromatic nitrogens is 3. The Morgan fingerprint density at radius 1 is 1.29 bits per heavy atom. The van der Waals surface area contributed by atoms with Gasteiger partial charge in [0, 0.05) is 18.1 Å². The van der Waals surface area contributed by atoms with E-state index < -0.39 is 11.6 Å². The molecule has 130 valence electrons. The van der Waals surface area contributed by atoms with Crippen LogP contribution in [-0.4, -0.2) is 38.8 Å². The van der Waals surface area contributed by atoms with Crippen LogP contribution in [0, 0.1) is 5.92 Å². The fourth-order valence-electron chi connectivity index (χ4n) is 2.21. The Hall–Kier alpha value is -2.44. The normalized spacial score (nSPS) is 11.8. The number of fused-ring (bicyclic) bond motifs is 1. The first-order chi connectivity index (χ1) is 11.2. The zero-order valence-corrected chi connectivity index (χ0v) is 14.8. The molecule has 0 unspecified atom stereocenters. The molecule has 2 rings (SSSR count). The number of nitrogens with one attached hydrogen (secondary N) is 1. The van der Waals surface area contributed by atoms with Crippen LogP contribution in [0.25, 0.3) is 11.0 Å². The number of rotatable bonds is 5. The van der Waals surface area contributed by atoms with Gasteiger partial charge < -0.3 is 10.1 Å². The van der Waals surface area contributed by atoms with Gasteiger partial charge in [0.2, 0.25) is 0 Å². The predicted octanol–water partition coefficient (Wildman–Crippen LogP) is 2.16. The number of nitrogens with zero attached hydrogens (tertiary/aromatic N) is 3. The third-order valence-corrected chi connectivity index (χ3v) is 3.09. The Labute approximate surface area is 141 Å². The number of ether oxygens (including phenoxy) is 1. The summed E-state index contributed by atoms with van der Waals surface area (Å²) in [6, 6.07) is 1.72. The highest BCUT2D eigenvalue weighted by Gasteiger charge is 2.17. The predicted molar refractivity (Wildman–Crippen MR) is 90.5 cm³/mol. The van der Waals surface area contributed by atoms with E-state index in [9.17, 15) is 9.59 Å². The SMILES string of the molecule is CC(C)Cn1ncc2cc(C(=O)NCC(=O)OC(C)(C)C)cnc21. The lowest BCUT2D eigenvalue weighted by Gasteiger charge is -2.19. The summed E-state index contributed by atoms with van der Waals surface area (Å²) in [4.78, 5) is 28.1. The van der Waals surface area contributed by atoms with Crippen molar-refractivity contribution in [2.45, 2.75) is 46.8 Å². The number of pyridine rings is 1. The second-order valence-electron chi connectivity index (χ2n) is 7.13. The van der Waals surface area contributed by atoms with Crippen molar-refractivity contribution in [3.8, 4) is 0 Å². The van der Waals surface area contributed by atoms with Crippen LogP contribution < -0.4 is 5.32 Å². The van der Waals surface area contributed by atoms with Gasteiger partial charge in [-0.3, -0.25) is 9.59 Å². The highest BCUT2D eigenvalue weighted by Crippen LogP contribution is 2.14. The quantitative estimate of drug-likeness (QED) is 0.848. The van der Waals surface area contributed by atoms with E-state index in [-0.39, 0.29) is 12.5 Å². The van der Waals surface area contributed by atoms with Crippen LogP contribution >= 0.6 is 0 Å². The summed E-state index contributed by atoms with van der Waals surface area (Å²) in [5, 5.41) is 7.64. The van der Waals surface area contributed by atoms with Crippen molar-refractivity contribution in [2.75, 3.05) is 6.54 Å². The van der Waals surface area contributed by atoms with Crippen LogP contribution in [0.2, 0.25) is 0 Å². The molecule has 0 aromatic carbocycles. The molecule has 0 saturated heterocycles. The molecular weight excluding hydrogens is 308 g/mol. The molecule has 2 aromatic heterocycles. The van der Waals surface area contributed by atoms with E-state index in [0.29, 0.717) is 11.5 Å². The highest BCUT2D eigenvalue weighted by atomic mass is 16.6. The van der Waals surface area contributed by atoms with Crippen LogP contribution in [0.4, 0.5) is 0 Å². The molecule has 2 aromatic rings. The monoisotopic (exact) mass is 332 g/mol. The molecule has 0 fully saturated rings. The van der Waals surface area contributed by atoms with E-state index in [4.69, 9.17) is 4.74 Å². The van der Waals surface area contributed by atoms with Crippen LogP contribution in [0.3, 0.4) is 0 Å². The van der Waals surface area contributed by atoms with Crippen molar-refractivity contribution in [2.24, 2.45) is 5.92 Å². The molecule has 0 bridgehead atoms. The summed E-state index contributed by atoms with van der Waals surface area (Å²) in [5.74, 6) is -0.395. The summed E-state index contributed by atoms with van der Waals surface area (Å²) in [6.45, 7) is 10.1. The topological polar surface area (TPSA) is 86.1 Å². The average Bonchev–Trinajstić information content (AvgIpc) is 2.84. The fourth-order valence-corrected chi connectivity index (χ4v) is 2.21. The maximum Gasteiger partial charge on any atom is 0.325 e. The number of amides is 1. The van der Waals surface area contributed by atoms with Crippen LogP contribution in [0.15, 0.2) is 18.5 Å². The largest absolute Gasteiger partial charge is 0.459 e. The minimum absolute atomic E-state index is 0.180. The van der Waals surface area contributed by atoms with Gasteiger partial charge in [0.25, 0.3) is 5.91 Å². The maximum atomic E-state index is 12.2. The van der Waals surface area contributed by atoms with Crippen molar-refractivity contribution >= 4 is 22.9 Å². The summed E-state index contributed by atoms with van der Waals surface area (Å²) in [6.07, 6.45) is 3.18. The van der Waals surface area contributed by atoms with E-state index in [2.05, 4.69) is 29.2 Å². The number of carbonyl (C=O) groups is 2. The molecule has 0 aliphatic heterocycles. The molecule has 0 radical (unpaired) electrons. The second-order valence-corrected chi connectivity index (χ2v) is 7.13. The van der Waals surface area contributed by atoms with E-state index in [1.807, 2.05) is 4.68 Å². The first kappa shape index (κ1) is 17.9. The molecule has 0 atom stereocenters. The van der Waals surface area contributed by atoms with Crippen molar-refractivity contribution in [1.82, 2.24) is 20.1 Å². The molecule has 0 aliphatic carbocycles. The smallest absolute Gasteiger partial charge is 0.325 e. The first-order valence-corrected chi connectivity index (χ1v) is 7.97. The average molecular weight is 332 g/mol. The van der Waals surface area contributed by atoms with E-state index in [1.165, 1.54) is 6.20 Å². The minimum atomic E-state index is -0.576. The maximum absolute atomic E-state index is 12.2. The van der Waals surface area contributed by atoms with Crippen molar-refractivity contribution < 1.29 is 14.3 Å². The Kier molecular flexibility index (Phi) is 5.21. The van der Waals surface area contributed by atoms with Crippen LogP contribution in [0.1, 0.15) is 45.0 Å². The third-order valence-electron chi connectivity index (χ3n) is 3.09. The lowest BCUT2D eigenvalue weighted by Crippen LogP contribution is -2.34. The third kappa shape index (κ3) is 4.78. The Bertz CT molecular complexity index is 744. The molecule has 24 heavy (non-hydrogen) atoms. The van der Waals surface area contributed by atoms with Gasteiger partial charge in [-0.25, -0.2) is 9.67 Å². The zero-order chi connectivity index (χ0) is 17.9. The summed E-state index contributed by atoms with van der Waals surface area (Å²) >= 11 is 0. The Morgan fingerprint density at radius 2 is 2.00 bits per heavy atom. The molecule has 7 heteroatoms. The van der Waals surface area contributed by atoms with Gasteiger partial charge in [0.15, 0.2) is 5.65 Å². The molecule has 0 saturated carbocycles. The van der Waals surface area contributed by atoms with Gasteiger partial charge in [-0.05, 0) is 32.8 Å². The van der Waals surface area contributed by atoms with Crippen LogP contribution in [0.5, 0.6) is 0 Å². The van der Waals surface area contributed by atoms with Gasteiger partial charge >= 0.3 is 5.97 Å². The molecule has 0 aliphatic rings. The van der Waals surface area contributed by atoms with Crippen molar-refractivity contribution in [3.05, 3.63) is 24.0 Å². The minimum Gasteiger partial charge on any atom is -0.459 e. The number of esters is 1. The summed E-state index contributed by atoms with van der Waals surface area (Å²) in [7, 11) is 0. The lowest BCUT2D eigenvalue weighted by molar-refractivity contribution is -0.153. The Morgan fingerprint density at radius 3 is 2.62 bits per heavy atom. The molecule has 0 spiro atoms. The van der Waals surface area contributed by atoms with Crippen molar-refractivity contribution in [3.63, 3.8) is 0 Å². The van der Waals surface area contributed by atoms with Crippen LogP contribution in [-0.2, 0) is 16.1 Å². The molecule has 7 nitrogen and oxygen atoms in total. The van der Waals surface area contributed by atoms with Crippen molar-refractivity contribution in [1.29, 1.82) is 0 Å². The number of hydrogen-bond acceptors (Lipinski definition) is 5. The summed E-state index contributed by atoms with van der Waals surface area (Å²) < 4.78 is 6.97. The fraction of sp³-hybridized carbons (Fsp3) is 0.529. The van der Waals surface area contributed by atoms with Gasteiger partial charge in [0.05, 0.1) is 11.8 Å². The standard InChI is InChI=1S/C17H24N4O3/c1-11(2)10-21-15-12(8-20-21)6-13(7-18-15)16(23)19-9-14(22)24-17(3,4)5/h6-8,11H,9-10H2,1-5H3,(H,19,23). The number of carbonyl (C=O) groups excluding carboxylic acids is 2. The zero-order valence-electron chi connectivity index (χ0n) is 14.8. The molecule has 2 heterocycles. The van der Waals surface area contributed by atoms with Gasteiger partial charge in [-0.2, -0.15) is 5.10 Å². The van der Waals surface area contributed by atoms with Gasteiger partial charge in [-0.1, -0.05) is 13.8 Å². The van der Waals surface area contributed by atoms with E-state index in [1.54, 1.807) is 33.0 Å². The van der Waals surface area contributed by atoms with E-state index >= 15 is 0 Å². The van der Waals surface area contributed by atoms with Gasteiger partial charge in [-0.15, -0.1) is 0 Å². The van der Waals surface area contributed by atoms with E-state index in [0.717, 1.165) is 17.6 Å². The number of hydrogen-bond donors (Lipinski definition) is 1. The highest BCUT2D eigenvalue weighted by molar-refractivity contribution is 5.98. The lowest BCUT2D eigenvalue weighted by atomic mass is 10.2. The van der Waals surface area contributed by atoms with Gasteiger partial charge in [0.1, 0.15) is 12.1 Å².